The molecule has 2 N–H and O–H groups in total. The number of hydrogen-bond acceptors (Lipinski definition) is 7. The van der Waals surface area contributed by atoms with Crippen LogP contribution in [-0.2, 0) is 16.0 Å². The van der Waals surface area contributed by atoms with E-state index < -0.39 is 0 Å². The summed E-state index contributed by atoms with van der Waals surface area (Å²) in [6.07, 6.45) is 10.1. The second-order valence-electron chi connectivity index (χ2n) is 10.7. The van der Waals surface area contributed by atoms with E-state index in [4.69, 9.17) is 26.5 Å². The first-order valence-electron chi connectivity index (χ1n) is 12.6. The fourth-order valence-corrected chi connectivity index (χ4v) is 5.91. The molecule has 0 amide bonds. The molecule has 190 valence electrons. The number of hydrogen-bond donors (Lipinski definition) is 2. The molecule has 0 atom stereocenters. The molecule has 3 fully saturated rings. The van der Waals surface area contributed by atoms with E-state index in [1.807, 2.05) is 23.1 Å². The number of methoxy groups -OCH3 is 1. The van der Waals surface area contributed by atoms with Gasteiger partial charge in [0.05, 0.1) is 48.0 Å². The van der Waals surface area contributed by atoms with Gasteiger partial charge in [0.2, 0.25) is 0 Å². The molecule has 0 spiro atoms. The van der Waals surface area contributed by atoms with Gasteiger partial charge in [0.15, 0.2) is 0 Å². The second-order valence-corrected chi connectivity index (χ2v) is 11.1. The van der Waals surface area contributed by atoms with Crippen molar-refractivity contribution >= 4 is 34.9 Å². The number of nitrogens with one attached hydrogen (secondary N) is 2. The lowest BCUT2D eigenvalue weighted by Crippen LogP contribution is -2.64. The molecule has 0 radical (unpaired) electrons. The second kappa shape index (κ2) is 10.1. The van der Waals surface area contributed by atoms with Gasteiger partial charge in [0.25, 0.3) is 0 Å². The first-order valence-corrected chi connectivity index (χ1v) is 13.0. The third-order valence-corrected chi connectivity index (χ3v) is 8.44. The van der Waals surface area contributed by atoms with E-state index in [1.165, 1.54) is 25.5 Å². The summed E-state index contributed by atoms with van der Waals surface area (Å²) in [5.41, 5.74) is 4.05. The van der Waals surface area contributed by atoms with Gasteiger partial charge in [0, 0.05) is 63.5 Å². The fourth-order valence-electron chi connectivity index (χ4n) is 5.62. The Morgan fingerprint density at radius 3 is 2.60 bits per heavy atom. The van der Waals surface area contributed by atoms with Gasteiger partial charge in [-0.25, -0.2) is 0 Å². The average molecular weight is 501 g/mol. The topological polar surface area (TPSA) is 78.6 Å². The maximum absolute atomic E-state index is 7.90. The first-order chi connectivity index (χ1) is 16.9. The molecule has 2 aliphatic heterocycles. The summed E-state index contributed by atoms with van der Waals surface area (Å²) < 4.78 is 12.9. The number of ether oxygens (including phenoxy) is 2. The minimum atomic E-state index is 0.175. The van der Waals surface area contributed by atoms with E-state index in [0.29, 0.717) is 10.4 Å². The van der Waals surface area contributed by atoms with E-state index in [0.717, 1.165) is 81.6 Å². The number of nitrogens with zero attached hydrogens (tertiary/aromatic N) is 4. The van der Waals surface area contributed by atoms with Crippen LogP contribution < -0.4 is 10.2 Å². The van der Waals surface area contributed by atoms with Crippen molar-refractivity contribution < 1.29 is 9.47 Å². The smallest absolute Gasteiger partial charge is 0.0770 e. The Morgan fingerprint density at radius 1 is 1.23 bits per heavy atom. The molecule has 3 aliphatic rings. The Labute approximate surface area is 213 Å². The van der Waals surface area contributed by atoms with Crippen molar-refractivity contribution in [2.24, 2.45) is 5.41 Å². The van der Waals surface area contributed by atoms with Gasteiger partial charge < -0.3 is 25.1 Å². The van der Waals surface area contributed by atoms with E-state index in [9.17, 15) is 0 Å². The molecular formula is C26H37ClN6O2. The van der Waals surface area contributed by atoms with Crippen LogP contribution in [0.4, 0.5) is 17.1 Å². The first kappa shape index (κ1) is 24.6. The van der Waals surface area contributed by atoms with E-state index in [-0.39, 0.29) is 5.54 Å². The van der Waals surface area contributed by atoms with Crippen LogP contribution in [0.25, 0.3) is 0 Å². The summed E-state index contributed by atoms with van der Waals surface area (Å²) in [7, 11) is 1.79. The van der Waals surface area contributed by atoms with Gasteiger partial charge in [-0.2, -0.15) is 5.10 Å². The Hall–Kier alpha value is -2.13. The van der Waals surface area contributed by atoms with Gasteiger partial charge >= 0.3 is 0 Å². The van der Waals surface area contributed by atoms with Crippen molar-refractivity contribution in [1.82, 2.24) is 14.7 Å². The average Bonchev–Trinajstić information content (AvgIpc) is 3.27. The predicted octanol–water partition coefficient (Wildman–Crippen LogP) is 4.40. The summed E-state index contributed by atoms with van der Waals surface area (Å²) in [6.45, 7) is 9.43. The van der Waals surface area contributed by atoms with Crippen LogP contribution in [0.3, 0.4) is 0 Å². The Balaban J connectivity index is 1.25. The summed E-state index contributed by atoms with van der Waals surface area (Å²) in [4.78, 5) is 4.87. The molecular weight excluding hydrogens is 464 g/mol. The highest BCUT2D eigenvalue weighted by molar-refractivity contribution is 6.33. The fraction of sp³-hybridized carbons (Fsp3) is 0.615. The number of aryl methyl sites for hydroxylation is 1. The van der Waals surface area contributed by atoms with Gasteiger partial charge in [-0.15, -0.1) is 0 Å². The van der Waals surface area contributed by atoms with E-state index in [2.05, 4.69) is 33.2 Å². The van der Waals surface area contributed by atoms with Crippen molar-refractivity contribution in [3.8, 4) is 0 Å². The maximum Gasteiger partial charge on any atom is 0.0770 e. The number of rotatable bonds is 10. The SMILES string of the molecule is COCC1(CCn2cc(Nc3cc(N4CCN(C5(C)COC5)CC4)c(Cl)cc3C=N)cn2)CCC1. The minimum Gasteiger partial charge on any atom is -0.384 e. The molecule has 1 aromatic carbocycles. The maximum atomic E-state index is 7.90. The predicted molar refractivity (Wildman–Crippen MR) is 141 cm³/mol. The van der Waals surface area contributed by atoms with Crippen LogP contribution in [0, 0.1) is 10.8 Å². The molecule has 2 aromatic rings. The van der Waals surface area contributed by atoms with Gasteiger partial charge in [-0.1, -0.05) is 18.0 Å². The highest BCUT2D eigenvalue weighted by Gasteiger charge is 2.40. The number of anilines is 3. The quantitative estimate of drug-likeness (QED) is 0.471. The highest BCUT2D eigenvalue weighted by Crippen LogP contribution is 2.44. The molecule has 3 heterocycles. The molecule has 0 bridgehead atoms. The van der Waals surface area contributed by atoms with Crippen molar-refractivity contribution in [1.29, 1.82) is 5.41 Å². The molecule has 0 unspecified atom stereocenters. The van der Waals surface area contributed by atoms with Crippen molar-refractivity contribution in [2.75, 3.05) is 63.3 Å². The standard InChI is InChI=1S/C26H37ClN6O2/c1-25(17-35-18-25)32-10-8-31(9-11-32)24-13-23(20(14-28)12-22(24)27)30-21-15-29-33(16-21)7-6-26(19-34-2)4-3-5-26/h12-16,28,30H,3-11,17-19H2,1-2H3. The molecule has 8 nitrogen and oxygen atoms in total. The molecule has 35 heavy (non-hydrogen) atoms. The van der Waals surface area contributed by atoms with Crippen molar-refractivity contribution in [3.63, 3.8) is 0 Å². The lowest BCUT2D eigenvalue weighted by molar-refractivity contribution is -0.131. The van der Waals surface area contributed by atoms with E-state index in [1.54, 1.807) is 7.11 Å². The van der Waals surface area contributed by atoms with Crippen LogP contribution in [0.15, 0.2) is 24.5 Å². The van der Waals surface area contributed by atoms with Crippen LogP contribution >= 0.6 is 11.6 Å². The molecule has 9 heteroatoms. The Bertz CT molecular complexity index is 1040. The number of aromatic nitrogens is 2. The summed E-state index contributed by atoms with van der Waals surface area (Å²) in [5.74, 6) is 0. The monoisotopic (exact) mass is 500 g/mol. The zero-order valence-corrected chi connectivity index (χ0v) is 21.6. The van der Waals surface area contributed by atoms with Crippen LogP contribution in [0.1, 0.15) is 38.2 Å². The normalized spacial score (nSPS) is 21.3. The lowest BCUT2D eigenvalue weighted by Gasteiger charge is -2.50. The Kier molecular flexibility index (Phi) is 7.08. The van der Waals surface area contributed by atoms with Gasteiger partial charge in [0.1, 0.15) is 0 Å². The zero-order valence-electron chi connectivity index (χ0n) is 20.9. The van der Waals surface area contributed by atoms with Crippen molar-refractivity contribution in [2.45, 2.75) is 44.7 Å². The van der Waals surface area contributed by atoms with Crippen molar-refractivity contribution in [3.05, 3.63) is 35.1 Å². The van der Waals surface area contributed by atoms with Crippen LogP contribution in [0.5, 0.6) is 0 Å². The zero-order chi connectivity index (χ0) is 24.5. The van der Waals surface area contributed by atoms with Gasteiger partial charge in [-0.05, 0) is 43.7 Å². The summed E-state index contributed by atoms with van der Waals surface area (Å²) in [5, 5.41) is 16.6. The molecule has 1 saturated carbocycles. The number of halogens is 1. The van der Waals surface area contributed by atoms with Crippen LogP contribution in [-0.4, -0.2) is 79.5 Å². The summed E-state index contributed by atoms with van der Waals surface area (Å²) >= 11 is 6.68. The minimum absolute atomic E-state index is 0.175. The van der Waals surface area contributed by atoms with Crippen LogP contribution in [0.2, 0.25) is 5.02 Å². The summed E-state index contributed by atoms with van der Waals surface area (Å²) in [6, 6.07) is 3.96. The lowest BCUT2D eigenvalue weighted by atomic mass is 9.67. The van der Waals surface area contributed by atoms with Gasteiger partial charge in [-0.3, -0.25) is 9.58 Å². The molecule has 2 saturated heterocycles. The molecule has 5 rings (SSSR count). The largest absolute Gasteiger partial charge is 0.384 e. The number of piperazine rings is 1. The van der Waals surface area contributed by atoms with E-state index >= 15 is 0 Å². The third-order valence-electron chi connectivity index (χ3n) is 8.13. The molecule has 1 aliphatic carbocycles. The molecule has 1 aromatic heterocycles. The number of benzene rings is 1. The third kappa shape index (κ3) is 5.07. The highest BCUT2D eigenvalue weighted by atomic mass is 35.5. The Morgan fingerprint density at radius 2 is 2.00 bits per heavy atom.